The second kappa shape index (κ2) is 97.2. The third-order valence-corrected chi connectivity index (χ3v) is 2.12. The summed E-state index contributed by atoms with van der Waals surface area (Å²) in [4.78, 5) is 19.1. The van der Waals surface area contributed by atoms with Gasteiger partial charge in [0.1, 0.15) is 6.29 Å². The molecule has 0 N–H and O–H groups in total. The van der Waals surface area contributed by atoms with E-state index < -0.39 is 0 Å². The van der Waals surface area contributed by atoms with Crippen molar-refractivity contribution in [3.8, 4) is 0 Å². The Morgan fingerprint density at radius 3 is 0.923 bits per heavy atom. The fraction of sp³-hybridized carbons (Fsp3) is 0.333. The molecule has 4 radical (unpaired) electrons. The number of carbonyl (C=O) groups excluding carboxylic acids is 2. The minimum atomic E-state index is 0. The molecule has 0 aliphatic heterocycles. The Morgan fingerprint density at radius 1 is 0.615 bits per heavy atom. The first kappa shape index (κ1) is 78.1. The summed E-state index contributed by atoms with van der Waals surface area (Å²) < 4.78 is 28.1. The molecule has 0 aromatic heterocycles. The molecule has 2 unspecified atom stereocenters. The van der Waals surface area contributed by atoms with E-state index in [1.165, 1.54) is 18.2 Å². The Bertz CT molecular complexity index is 520. The number of hydrogen-bond donors (Lipinski definition) is 0. The zero-order valence-corrected chi connectivity index (χ0v) is 37.7. The van der Waals surface area contributed by atoms with E-state index in [1.54, 1.807) is 0 Å². The van der Waals surface area contributed by atoms with Gasteiger partial charge in [0.25, 0.3) is 0 Å². The van der Waals surface area contributed by atoms with Crippen LogP contribution in [0.15, 0.2) is 46.6 Å². The molecule has 0 rings (SSSR count). The first-order valence-corrected chi connectivity index (χ1v) is 10.6. The van der Waals surface area contributed by atoms with Crippen LogP contribution in [-0.2, 0) is 149 Å². The van der Waals surface area contributed by atoms with E-state index in [0.717, 1.165) is 6.08 Å². The predicted molar refractivity (Wildman–Crippen MR) is 152 cm³/mol. The van der Waals surface area contributed by atoms with E-state index in [4.69, 9.17) is 52.6 Å². The van der Waals surface area contributed by atoms with Crippen LogP contribution in [-0.4, -0.2) is 40.1 Å². The van der Waals surface area contributed by atoms with Gasteiger partial charge in [0, 0.05) is 131 Å². The maximum absolute atomic E-state index is 9.60. The van der Waals surface area contributed by atoms with Crippen LogP contribution < -0.4 is 0 Å². The van der Waals surface area contributed by atoms with Crippen molar-refractivity contribution >= 4 is 31.5 Å². The van der Waals surface area contributed by atoms with Crippen LogP contribution in [0.3, 0.4) is 0 Å². The molecule has 0 aromatic rings. The van der Waals surface area contributed by atoms with E-state index >= 15 is 0 Å². The minimum Gasteiger partial charge on any atom is -0.395 e. The predicted octanol–water partition coefficient (Wildman–Crippen LogP) is 6.96. The summed E-state index contributed by atoms with van der Waals surface area (Å²) >= 11 is 0. The first-order valence-electron chi connectivity index (χ1n) is 9.68. The molecule has 0 amide bonds. The number of hydrogen-bond acceptors (Lipinski definition) is 4. The van der Waals surface area contributed by atoms with E-state index in [0.29, 0.717) is 56.9 Å². The molecule has 0 heterocycles. The summed E-state index contributed by atoms with van der Waals surface area (Å²) in [5.74, 6) is 0. The van der Waals surface area contributed by atoms with Crippen LogP contribution >= 0.6 is 18.9 Å². The van der Waals surface area contributed by atoms with Gasteiger partial charge in [-0.3, -0.25) is 8.78 Å². The van der Waals surface area contributed by atoms with Gasteiger partial charge in [-0.1, -0.05) is 34.1 Å². The second-order valence-corrected chi connectivity index (χ2v) is 4.67. The van der Waals surface area contributed by atoms with Gasteiger partial charge in [0.05, 0.1) is 14.4 Å². The maximum Gasteiger partial charge on any atom is 0.104 e. The molecule has 0 bridgehead atoms. The van der Waals surface area contributed by atoms with Gasteiger partial charge < -0.3 is 118 Å². The van der Waals surface area contributed by atoms with Crippen molar-refractivity contribution in [2.75, 3.05) is 27.6 Å². The van der Waals surface area contributed by atoms with Gasteiger partial charge in [-0.05, 0) is 38.4 Å². The molecule has 0 aliphatic rings. The summed E-state index contributed by atoms with van der Waals surface area (Å²) in [6.45, 7) is 48.7. The van der Waals surface area contributed by atoms with Gasteiger partial charge in [-0.2, -0.15) is 0 Å². The molecular weight excluding hydrogens is 844 g/mol. The molecule has 0 aliphatic carbocycles. The summed E-state index contributed by atoms with van der Waals surface area (Å²) in [7, 11) is 5.15. The molecule has 4 nitrogen and oxygen atoms in total. The Morgan fingerprint density at radius 2 is 0.872 bits per heavy atom. The Balaban J connectivity index is -0.0000000222. The molecule has 2 atom stereocenters. The molecule has 0 saturated carbocycles. The van der Waals surface area contributed by atoms with Crippen LogP contribution in [0.1, 0.15) is 34.1 Å². The molecule has 12 heteroatoms. The van der Waals surface area contributed by atoms with E-state index in [-0.39, 0.29) is 143 Å². The van der Waals surface area contributed by atoms with Gasteiger partial charge in [-0.15, -0.1) is 0 Å². The molecule has 0 saturated heterocycles. The summed E-state index contributed by atoms with van der Waals surface area (Å²) in [5.41, 5.74) is 1.55. The van der Waals surface area contributed by atoms with E-state index in [9.17, 15) is 18.4 Å². The Hall–Kier alpha value is 2.32. The van der Waals surface area contributed by atoms with Crippen LogP contribution in [0.4, 0.5) is 8.78 Å². The zero-order valence-electron chi connectivity index (χ0n) is 24.1. The third-order valence-electron chi connectivity index (χ3n) is 1.79. The van der Waals surface area contributed by atoms with Crippen LogP contribution in [0.5, 0.6) is 0 Å². The number of halogens is 2. The number of allylic oxidation sites excluding steroid dienone is 4. The molecule has 0 spiro atoms. The molecular formula is C27H42F2O4P2Y4-8. The SMILES string of the molecule is CC.CC.CF.CF.[CH-]=CC(=[CH-])C=O.[CH-]=CC(=[CH-])CC=O.[CH-]=CC(=[CH-])COP.[CH-]=CC(=[CH-])COP.[Y].[Y].[Y].[Y]. The fourth-order valence-corrected chi connectivity index (χ4v) is 0.877. The maximum atomic E-state index is 9.60. The minimum absolute atomic E-state index is 0. The fourth-order valence-electron chi connectivity index (χ4n) is 0.492. The van der Waals surface area contributed by atoms with Gasteiger partial charge in [0.15, 0.2) is 0 Å². The molecule has 39 heavy (non-hydrogen) atoms. The number of carbonyl (C=O) groups is 2. The average Bonchev–Trinajstić information content (AvgIpc) is 2.94. The summed E-state index contributed by atoms with van der Waals surface area (Å²) in [6.07, 6.45) is 6.31. The monoisotopic (exact) mass is 886 g/mol. The summed E-state index contributed by atoms with van der Waals surface area (Å²) in [6, 6.07) is 0. The normalized spacial score (nSPS) is 5.90. The van der Waals surface area contributed by atoms with Crippen molar-refractivity contribution in [2.45, 2.75) is 34.1 Å². The number of aldehydes is 2. The Kier molecular flexibility index (Phi) is 195. The largest absolute Gasteiger partial charge is 0.395 e. The third kappa shape index (κ3) is 130. The van der Waals surface area contributed by atoms with Crippen LogP contribution in [0.25, 0.3) is 0 Å². The molecule has 0 aromatic carbocycles. The molecule has 218 valence electrons. The van der Waals surface area contributed by atoms with Gasteiger partial charge >= 0.3 is 0 Å². The van der Waals surface area contributed by atoms with Crippen molar-refractivity contribution in [1.29, 1.82) is 0 Å². The first-order chi connectivity index (χ1) is 16.7. The van der Waals surface area contributed by atoms with Crippen molar-refractivity contribution in [1.82, 2.24) is 0 Å². The van der Waals surface area contributed by atoms with Gasteiger partial charge in [0.2, 0.25) is 0 Å². The van der Waals surface area contributed by atoms with Crippen molar-refractivity contribution < 1.29 is 158 Å². The second-order valence-electron chi connectivity index (χ2n) is 4.00. The van der Waals surface area contributed by atoms with Crippen molar-refractivity contribution in [2.24, 2.45) is 0 Å². The smallest absolute Gasteiger partial charge is 0.104 e. The van der Waals surface area contributed by atoms with E-state index in [1.807, 2.05) is 27.7 Å². The number of alkyl halides is 2. The van der Waals surface area contributed by atoms with Crippen molar-refractivity contribution in [3.05, 3.63) is 99.2 Å². The number of rotatable bonds is 11. The summed E-state index contributed by atoms with van der Waals surface area (Å²) in [5, 5.41) is 0. The van der Waals surface area contributed by atoms with Crippen LogP contribution in [0, 0.1) is 52.6 Å². The van der Waals surface area contributed by atoms with Crippen LogP contribution in [0.2, 0.25) is 0 Å². The quantitative estimate of drug-likeness (QED) is 0.0742. The zero-order chi connectivity index (χ0) is 30.1. The Labute approximate surface area is 345 Å². The average molecular weight is 886 g/mol. The van der Waals surface area contributed by atoms with Crippen molar-refractivity contribution in [3.63, 3.8) is 0 Å². The molecule has 0 fully saturated rings. The standard InChI is InChI=1S/C6H6O.2C5H7OP.C5H4O.2C2H6.2CH3F.4Y/c1-3-6(2)4-5-7;2*1-3-5(2)4-6-7;1-3-5(2)4-6;4*1-2;;;;/h1-3,5H,4H2;2*1-3H,4,7H2;1-4H;2*1-2H3;2*1H3;;;;/q4*-2;;;;;;;;. The van der Waals surface area contributed by atoms with E-state index in [2.05, 4.69) is 28.0 Å². The topological polar surface area (TPSA) is 52.6 Å². The van der Waals surface area contributed by atoms with Gasteiger partial charge in [-0.25, -0.2) is 0 Å².